The highest BCUT2D eigenvalue weighted by Crippen LogP contribution is 2.39. The van der Waals surface area contributed by atoms with Crippen LogP contribution in [-0.4, -0.2) is 39.8 Å². The van der Waals surface area contributed by atoms with Gasteiger partial charge in [-0.25, -0.2) is 4.98 Å². The molecule has 0 amide bonds. The molecule has 3 rings (SSSR count). The fourth-order valence-corrected chi connectivity index (χ4v) is 3.53. The lowest BCUT2D eigenvalue weighted by molar-refractivity contribution is 0.210. The van der Waals surface area contributed by atoms with Gasteiger partial charge in [-0.05, 0) is 46.2 Å². The Bertz CT molecular complexity index is 732. The zero-order chi connectivity index (χ0) is 18.0. The van der Waals surface area contributed by atoms with Crippen molar-refractivity contribution in [2.45, 2.75) is 52.3 Å². The van der Waals surface area contributed by atoms with Crippen LogP contribution in [0.2, 0.25) is 5.02 Å². The molecular weight excluding hydrogens is 340 g/mol. The Morgan fingerprint density at radius 3 is 2.84 bits per heavy atom. The average molecular weight is 365 g/mol. The first-order chi connectivity index (χ1) is 12.0. The molecule has 136 valence electrons. The quantitative estimate of drug-likeness (QED) is 0.842. The van der Waals surface area contributed by atoms with Crippen molar-refractivity contribution < 1.29 is 9.47 Å². The predicted octanol–water partition coefficient (Wildman–Crippen LogP) is 3.90. The third-order valence-corrected chi connectivity index (χ3v) is 4.54. The summed E-state index contributed by atoms with van der Waals surface area (Å²) >= 11 is 6.30. The summed E-state index contributed by atoms with van der Waals surface area (Å²) in [6.07, 6.45) is 2.23. The van der Waals surface area contributed by atoms with Crippen molar-refractivity contribution in [2.24, 2.45) is 0 Å². The van der Waals surface area contributed by atoms with Gasteiger partial charge in [-0.3, -0.25) is 10.00 Å². The van der Waals surface area contributed by atoms with Gasteiger partial charge in [0.05, 0.1) is 19.3 Å². The number of ether oxygens (including phenoxy) is 2. The molecule has 0 bridgehead atoms. The summed E-state index contributed by atoms with van der Waals surface area (Å²) in [7, 11) is 1.64. The third-order valence-electron chi connectivity index (χ3n) is 4.32. The van der Waals surface area contributed by atoms with Crippen LogP contribution in [0.5, 0.6) is 11.5 Å². The minimum absolute atomic E-state index is 0.0545. The molecule has 2 aromatic rings. The van der Waals surface area contributed by atoms with Gasteiger partial charge in [-0.15, -0.1) is 0 Å². The second kappa shape index (κ2) is 7.62. The van der Waals surface area contributed by atoms with Gasteiger partial charge < -0.3 is 9.47 Å². The zero-order valence-electron chi connectivity index (χ0n) is 15.2. The Morgan fingerprint density at radius 1 is 1.40 bits per heavy atom. The van der Waals surface area contributed by atoms with E-state index in [9.17, 15) is 0 Å². The zero-order valence-corrected chi connectivity index (χ0v) is 15.9. The number of aryl methyl sites for hydroxylation is 1. The average Bonchev–Trinajstić information content (AvgIpc) is 3.17. The van der Waals surface area contributed by atoms with E-state index in [0.29, 0.717) is 10.8 Å². The minimum atomic E-state index is 0.0545. The van der Waals surface area contributed by atoms with E-state index >= 15 is 0 Å². The van der Waals surface area contributed by atoms with Gasteiger partial charge in [0.1, 0.15) is 5.82 Å². The molecule has 1 aliphatic heterocycles. The summed E-state index contributed by atoms with van der Waals surface area (Å²) in [6, 6.07) is 3.96. The largest absolute Gasteiger partial charge is 0.493 e. The number of nitrogens with one attached hydrogen (secondary N) is 1. The molecule has 0 saturated carbocycles. The monoisotopic (exact) mass is 364 g/mol. The molecule has 1 N–H and O–H groups in total. The van der Waals surface area contributed by atoms with E-state index in [4.69, 9.17) is 21.1 Å². The number of nitrogens with zero attached hydrogens (tertiary/aromatic N) is 3. The van der Waals surface area contributed by atoms with Gasteiger partial charge >= 0.3 is 0 Å². The standard InChI is InChI=1S/C18H25ClN4O2/c1-11(2)25-17-13(8-14(19)9-16(17)24-4)10-23-7-5-6-15(23)18-20-12(3)21-22-18/h8-9,11,15H,5-7,10H2,1-4H3,(H,20,21,22)/t15-/m1/s1. The maximum absolute atomic E-state index is 6.30. The van der Waals surface area contributed by atoms with Crippen molar-refractivity contribution in [3.05, 3.63) is 34.4 Å². The van der Waals surface area contributed by atoms with Gasteiger partial charge in [0.25, 0.3) is 0 Å². The first-order valence-electron chi connectivity index (χ1n) is 8.64. The smallest absolute Gasteiger partial charge is 0.167 e. The van der Waals surface area contributed by atoms with Crippen LogP contribution in [0.15, 0.2) is 12.1 Å². The van der Waals surface area contributed by atoms with Crippen molar-refractivity contribution in [2.75, 3.05) is 13.7 Å². The second-order valence-corrected chi connectivity index (χ2v) is 7.11. The molecule has 1 aromatic heterocycles. The van der Waals surface area contributed by atoms with Crippen molar-refractivity contribution >= 4 is 11.6 Å². The van der Waals surface area contributed by atoms with Gasteiger partial charge in [-0.1, -0.05) is 11.6 Å². The van der Waals surface area contributed by atoms with E-state index in [1.807, 2.05) is 26.8 Å². The van der Waals surface area contributed by atoms with Crippen LogP contribution < -0.4 is 9.47 Å². The molecular formula is C18H25ClN4O2. The first kappa shape index (κ1) is 18.0. The fourth-order valence-electron chi connectivity index (χ4n) is 3.30. The van der Waals surface area contributed by atoms with Crippen molar-refractivity contribution in [3.63, 3.8) is 0 Å². The second-order valence-electron chi connectivity index (χ2n) is 6.67. The van der Waals surface area contributed by atoms with E-state index in [1.165, 1.54) is 0 Å². The lowest BCUT2D eigenvalue weighted by atomic mass is 10.1. The number of aromatic nitrogens is 3. The number of H-pyrrole nitrogens is 1. The fraction of sp³-hybridized carbons (Fsp3) is 0.556. The Morgan fingerprint density at radius 2 is 2.20 bits per heavy atom. The number of methoxy groups -OCH3 is 1. The topological polar surface area (TPSA) is 63.3 Å². The van der Waals surface area contributed by atoms with E-state index in [-0.39, 0.29) is 12.1 Å². The molecule has 1 saturated heterocycles. The third kappa shape index (κ3) is 4.07. The van der Waals surface area contributed by atoms with Crippen LogP contribution in [0.1, 0.15) is 49.9 Å². The number of aromatic amines is 1. The Labute approximate surface area is 153 Å². The van der Waals surface area contributed by atoms with Crippen LogP contribution in [0.25, 0.3) is 0 Å². The maximum atomic E-state index is 6.30. The lowest BCUT2D eigenvalue weighted by Gasteiger charge is -2.25. The summed E-state index contributed by atoms with van der Waals surface area (Å²) in [5.41, 5.74) is 1.03. The Hall–Kier alpha value is -1.79. The van der Waals surface area contributed by atoms with E-state index in [2.05, 4.69) is 20.1 Å². The van der Waals surface area contributed by atoms with Crippen molar-refractivity contribution in [1.82, 2.24) is 20.1 Å². The van der Waals surface area contributed by atoms with Gasteiger partial charge in [0.2, 0.25) is 0 Å². The number of rotatable bonds is 6. The number of benzene rings is 1. The van der Waals surface area contributed by atoms with Crippen LogP contribution in [0, 0.1) is 6.92 Å². The molecule has 1 fully saturated rings. The summed E-state index contributed by atoms with van der Waals surface area (Å²) in [5.74, 6) is 3.13. The Balaban J connectivity index is 1.89. The summed E-state index contributed by atoms with van der Waals surface area (Å²) < 4.78 is 11.5. The van der Waals surface area contributed by atoms with E-state index < -0.39 is 0 Å². The molecule has 2 heterocycles. The van der Waals surface area contributed by atoms with Crippen molar-refractivity contribution in [1.29, 1.82) is 0 Å². The summed E-state index contributed by atoms with van der Waals surface area (Å²) in [6.45, 7) is 7.65. The highest BCUT2D eigenvalue weighted by molar-refractivity contribution is 6.30. The van der Waals surface area contributed by atoms with Gasteiger partial charge in [-0.2, -0.15) is 5.10 Å². The number of hydrogen-bond acceptors (Lipinski definition) is 5. The van der Waals surface area contributed by atoms with Crippen molar-refractivity contribution in [3.8, 4) is 11.5 Å². The number of hydrogen-bond donors (Lipinski definition) is 1. The van der Waals surface area contributed by atoms with Crippen LogP contribution in [0.4, 0.5) is 0 Å². The molecule has 0 aliphatic carbocycles. The molecule has 25 heavy (non-hydrogen) atoms. The van der Waals surface area contributed by atoms with Crippen LogP contribution in [0.3, 0.4) is 0 Å². The molecule has 0 unspecified atom stereocenters. The molecule has 0 spiro atoms. The SMILES string of the molecule is COc1cc(Cl)cc(CN2CCC[C@@H]2c2n[nH]c(C)n2)c1OC(C)C. The van der Waals surface area contributed by atoms with Crippen LogP contribution >= 0.6 is 11.6 Å². The molecule has 1 aliphatic rings. The molecule has 0 radical (unpaired) electrons. The van der Waals surface area contributed by atoms with Gasteiger partial charge in [0, 0.05) is 23.2 Å². The Kier molecular flexibility index (Phi) is 5.49. The molecule has 6 nitrogen and oxygen atoms in total. The molecule has 1 atom stereocenters. The predicted molar refractivity (Wildman–Crippen MR) is 97.3 cm³/mol. The number of likely N-dealkylation sites (tertiary alicyclic amines) is 1. The number of halogens is 1. The molecule has 1 aromatic carbocycles. The van der Waals surface area contributed by atoms with Crippen LogP contribution in [-0.2, 0) is 6.54 Å². The normalized spacial score (nSPS) is 18.1. The van der Waals surface area contributed by atoms with E-state index in [0.717, 1.165) is 48.9 Å². The first-order valence-corrected chi connectivity index (χ1v) is 9.01. The summed E-state index contributed by atoms with van der Waals surface area (Å²) in [5, 5.41) is 7.94. The highest BCUT2D eigenvalue weighted by atomic mass is 35.5. The maximum Gasteiger partial charge on any atom is 0.167 e. The van der Waals surface area contributed by atoms with Gasteiger partial charge in [0.15, 0.2) is 17.3 Å². The highest BCUT2D eigenvalue weighted by Gasteiger charge is 2.30. The minimum Gasteiger partial charge on any atom is -0.493 e. The summed E-state index contributed by atoms with van der Waals surface area (Å²) in [4.78, 5) is 6.89. The van der Waals surface area contributed by atoms with E-state index in [1.54, 1.807) is 13.2 Å². The lowest BCUT2D eigenvalue weighted by Crippen LogP contribution is -2.24. The molecule has 7 heteroatoms.